The number of amides is 2. The van der Waals surface area contributed by atoms with Gasteiger partial charge in [0, 0.05) is 0 Å². The minimum atomic E-state index is -1.27. The Morgan fingerprint density at radius 3 is 2.00 bits per heavy atom. The van der Waals surface area contributed by atoms with Gasteiger partial charge < -0.3 is 14.2 Å². The number of benzene rings is 2. The molecular formula is C22H26N2O6. The van der Waals surface area contributed by atoms with Crippen LogP contribution in [0.5, 0.6) is 0 Å². The number of carbonyl (C=O) groups excluding carboxylic acids is 3. The molecule has 8 heteroatoms. The van der Waals surface area contributed by atoms with Crippen LogP contribution in [-0.2, 0) is 19.7 Å². The molecule has 160 valence electrons. The van der Waals surface area contributed by atoms with Gasteiger partial charge in [0.2, 0.25) is 0 Å². The molecule has 0 fully saturated rings. The molecule has 2 aromatic rings. The Balaban J connectivity index is 2.37. The van der Waals surface area contributed by atoms with E-state index in [-0.39, 0.29) is 19.8 Å². The maximum atomic E-state index is 12.7. The average molecular weight is 414 g/mol. The smallest absolute Gasteiger partial charge is 0.429 e. The van der Waals surface area contributed by atoms with Crippen LogP contribution in [0.15, 0.2) is 60.7 Å². The van der Waals surface area contributed by atoms with Crippen LogP contribution in [0.25, 0.3) is 0 Å². The Bertz CT molecular complexity index is 843. The fraction of sp³-hybridized carbons (Fsp3) is 0.318. The first-order valence-corrected chi connectivity index (χ1v) is 9.60. The zero-order valence-corrected chi connectivity index (χ0v) is 17.3. The number of rotatable bonds is 7. The van der Waals surface area contributed by atoms with Crippen molar-refractivity contribution < 1.29 is 28.6 Å². The number of nitrogens with one attached hydrogen (secondary N) is 1. The van der Waals surface area contributed by atoms with E-state index < -0.39 is 23.7 Å². The second kappa shape index (κ2) is 10.8. The van der Waals surface area contributed by atoms with Gasteiger partial charge in [-0.05, 0) is 38.5 Å². The molecule has 0 aromatic heterocycles. The standard InChI is InChI=1S/C22H26N2O6/c1-4-28-20(26)23-24(21(27)29-5-2)22(3,18-14-10-7-11-15-18)16-30-19(25)17-12-8-6-9-13-17/h6-15H,4-5,16H2,1-3H3,(H,23,26). The molecule has 0 aliphatic rings. The molecular weight excluding hydrogens is 388 g/mol. The normalized spacial score (nSPS) is 12.2. The molecule has 0 spiro atoms. The van der Waals surface area contributed by atoms with Crippen LogP contribution in [-0.4, -0.2) is 43.0 Å². The van der Waals surface area contributed by atoms with E-state index in [2.05, 4.69) is 5.43 Å². The SMILES string of the molecule is CCOC(=O)NN(C(=O)OCC)C(C)(COC(=O)c1ccccc1)c1ccccc1. The third kappa shape index (κ3) is 5.73. The number of ether oxygens (including phenoxy) is 3. The number of hydrogen-bond donors (Lipinski definition) is 1. The van der Waals surface area contributed by atoms with Gasteiger partial charge in [-0.25, -0.2) is 24.8 Å². The monoisotopic (exact) mass is 414 g/mol. The van der Waals surface area contributed by atoms with Gasteiger partial charge in [-0.2, -0.15) is 0 Å². The third-order valence-corrected chi connectivity index (χ3v) is 4.31. The number of hydrogen-bond acceptors (Lipinski definition) is 6. The van der Waals surface area contributed by atoms with E-state index in [4.69, 9.17) is 14.2 Å². The number of esters is 1. The van der Waals surface area contributed by atoms with Gasteiger partial charge in [0.25, 0.3) is 0 Å². The number of carbonyl (C=O) groups is 3. The summed E-state index contributed by atoms with van der Waals surface area (Å²) in [6.07, 6.45) is -1.64. The summed E-state index contributed by atoms with van der Waals surface area (Å²) < 4.78 is 15.6. The quantitative estimate of drug-likeness (QED) is 0.420. The summed E-state index contributed by atoms with van der Waals surface area (Å²) in [5, 5.41) is 0.988. The van der Waals surface area contributed by atoms with Crippen molar-refractivity contribution >= 4 is 18.2 Å². The molecule has 1 unspecified atom stereocenters. The zero-order chi connectivity index (χ0) is 22.0. The van der Waals surface area contributed by atoms with Crippen LogP contribution in [0.3, 0.4) is 0 Å². The summed E-state index contributed by atoms with van der Waals surface area (Å²) in [5.41, 5.74) is 2.13. The second-order valence-electron chi connectivity index (χ2n) is 6.45. The summed E-state index contributed by atoms with van der Waals surface area (Å²) in [5.74, 6) is -0.558. The van der Waals surface area contributed by atoms with E-state index >= 15 is 0 Å². The van der Waals surface area contributed by atoms with Crippen LogP contribution >= 0.6 is 0 Å². The highest BCUT2D eigenvalue weighted by molar-refractivity contribution is 5.89. The van der Waals surface area contributed by atoms with Crippen molar-refractivity contribution in [3.05, 3.63) is 71.8 Å². The van der Waals surface area contributed by atoms with E-state index in [1.54, 1.807) is 75.4 Å². The molecule has 0 heterocycles. The van der Waals surface area contributed by atoms with E-state index in [1.807, 2.05) is 6.07 Å². The van der Waals surface area contributed by atoms with E-state index in [0.29, 0.717) is 11.1 Å². The Kier molecular flexibility index (Phi) is 8.22. The molecule has 1 atom stereocenters. The molecule has 2 amide bonds. The molecule has 0 aliphatic heterocycles. The van der Waals surface area contributed by atoms with Gasteiger partial charge >= 0.3 is 18.2 Å². The summed E-state index contributed by atoms with van der Waals surface area (Å²) in [6, 6.07) is 17.4. The predicted octanol–water partition coefficient (Wildman–Crippen LogP) is 3.88. The van der Waals surface area contributed by atoms with E-state index in [1.165, 1.54) is 0 Å². The Morgan fingerprint density at radius 1 is 0.867 bits per heavy atom. The first-order chi connectivity index (χ1) is 14.4. The first kappa shape index (κ1) is 22.7. The van der Waals surface area contributed by atoms with Crippen molar-refractivity contribution in [2.45, 2.75) is 26.3 Å². The average Bonchev–Trinajstić information content (AvgIpc) is 2.77. The lowest BCUT2D eigenvalue weighted by Gasteiger charge is -2.39. The van der Waals surface area contributed by atoms with Crippen LogP contribution < -0.4 is 5.43 Å². The molecule has 0 saturated heterocycles. The number of nitrogens with zero attached hydrogens (tertiary/aromatic N) is 1. The van der Waals surface area contributed by atoms with Gasteiger partial charge in [0.05, 0.1) is 18.8 Å². The summed E-state index contributed by atoms with van der Waals surface area (Å²) in [6.45, 7) is 4.92. The predicted molar refractivity (Wildman–Crippen MR) is 110 cm³/mol. The van der Waals surface area contributed by atoms with Crippen molar-refractivity contribution in [1.29, 1.82) is 0 Å². The highest BCUT2D eigenvalue weighted by atomic mass is 16.6. The van der Waals surface area contributed by atoms with Gasteiger partial charge in [-0.1, -0.05) is 48.5 Å². The maximum Gasteiger partial charge on any atom is 0.429 e. The fourth-order valence-corrected chi connectivity index (χ4v) is 2.75. The maximum absolute atomic E-state index is 12.7. The summed E-state index contributed by atoms with van der Waals surface area (Å²) in [4.78, 5) is 37.3. The highest BCUT2D eigenvalue weighted by Gasteiger charge is 2.41. The molecule has 30 heavy (non-hydrogen) atoms. The fourth-order valence-electron chi connectivity index (χ4n) is 2.75. The Morgan fingerprint density at radius 2 is 1.43 bits per heavy atom. The summed E-state index contributed by atoms with van der Waals surface area (Å²) >= 11 is 0. The topological polar surface area (TPSA) is 94.2 Å². The van der Waals surface area contributed by atoms with Gasteiger partial charge in [-0.15, -0.1) is 0 Å². The molecule has 0 saturated carbocycles. The van der Waals surface area contributed by atoms with Crippen molar-refractivity contribution in [3.8, 4) is 0 Å². The Hall–Kier alpha value is -3.55. The van der Waals surface area contributed by atoms with E-state index in [9.17, 15) is 14.4 Å². The van der Waals surface area contributed by atoms with Crippen LogP contribution in [0.2, 0.25) is 0 Å². The molecule has 8 nitrogen and oxygen atoms in total. The Labute approximate surface area is 175 Å². The van der Waals surface area contributed by atoms with Gasteiger partial charge in [0.15, 0.2) is 0 Å². The minimum absolute atomic E-state index is 0.0918. The molecule has 0 aliphatic carbocycles. The number of hydrazine groups is 1. The van der Waals surface area contributed by atoms with Crippen molar-refractivity contribution in [2.75, 3.05) is 19.8 Å². The van der Waals surface area contributed by atoms with Gasteiger partial charge in [0.1, 0.15) is 12.1 Å². The third-order valence-electron chi connectivity index (χ3n) is 4.31. The lowest BCUT2D eigenvalue weighted by atomic mass is 9.92. The minimum Gasteiger partial charge on any atom is -0.459 e. The van der Waals surface area contributed by atoms with E-state index in [0.717, 1.165) is 5.01 Å². The second-order valence-corrected chi connectivity index (χ2v) is 6.45. The molecule has 1 N–H and O–H groups in total. The molecule has 0 bridgehead atoms. The molecule has 0 radical (unpaired) electrons. The van der Waals surface area contributed by atoms with Crippen LogP contribution in [0.1, 0.15) is 36.7 Å². The molecule has 2 aromatic carbocycles. The zero-order valence-electron chi connectivity index (χ0n) is 17.3. The summed E-state index contributed by atoms with van der Waals surface area (Å²) in [7, 11) is 0. The lowest BCUT2D eigenvalue weighted by Crippen LogP contribution is -2.59. The lowest BCUT2D eigenvalue weighted by molar-refractivity contribution is -0.0185. The van der Waals surface area contributed by atoms with Crippen LogP contribution in [0, 0.1) is 0 Å². The van der Waals surface area contributed by atoms with Crippen molar-refractivity contribution in [2.24, 2.45) is 0 Å². The van der Waals surface area contributed by atoms with Crippen molar-refractivity contribution in [1.82, 2.24) is 10.4 Å². The van der Waals surface area contributed by atoms with Crippen molar-refractivity contribution in [3.63, 3.8) is 0 Å². The van der Waals surface area contributed by atoms with Crippen LogP contribution in [0.4, 0.5) is 9.59 Å². The first-order valence-electron chi connectivity index (χ1n) is 9.60. The highest BCUT2D eigenvalue weighted by Crippen LogP contribution is 2.29. The van der Waals surface area contributed by atoms with Gasteiger partial charge in [-0.3, -0.25) is 0 Å². The largest absolute Gasteiger partial charge is 0.459 e. The molecule has 2 rings (SSSR count).